The average Bonchev–Trinajstić information content (AvgIpc) is 2.92. The Balaban J connectivity index is 2.55. The normalized spacial score (nSPS) is 13.2. The van der Waals surface area contributed by atoms with E-state index in [1.165, 1.54) is 59.7 Å². The van der Waals surface area contributed by atoms with Gasteiger partial charge in [0.05, 0.1) is 0 Å². The van der Waals surface area contributed by atoms with Crippen LogP contribution < -0.4 is 9.06 Å². The van der Waals surface area contributed by atoms with E-state index >= 15 is 0 Å². The van der Waals surface area contributed by atoms with Crippen LogP contribution >= 0.6 is 0 Å². The molecule has 212 valence electrons. The van der Waals surface area contributed by atoms with Crippen molar-refractivity contribution in [3.05, 3.63) is 54.4 Å². The first-order valence-electron chi connectivity index (χ1n) is 14.1. The van der Waals surface area contributed by atoms with Gasteiger partial charge in [0.2, 0.25) is 0 Å². The summed E-state index contributed by atoms with van der Waals surface area (Å²) in [6.07, 6.45) is 10.4. The first kappa shape index (κ1) is 32.7. The average molecular weight is 652 g/mol. The third kappa shape index (κ3) is 8.50. The van der Waals surface area contributed by atoms with E-state index < -0.39 is 40.3 Å². The van der Waals surface area contributed by atoms with Gasteiger partial charge in [0.1, 0.15) is 0 Å². The monoisotopic (exact) mass is 653 g/mol. The second-order valence-electron chi connectivity index (χ2n) is 10.7. The van der Waals surface area contributed by atoms with E-state index in [4.69, 9.17) is 0 Å². The van der Waals surface area contributed by atoms with Crippen molar-refractivity contribution in [2.45, 2.75) is 104 Å². The number of carbonyl (C=O) groups excluding carboxylic acids is 1. The maximum atomic E-state index is 14.0. The van der Waals surface area contributed by atoms with Crippen LogP contribution in [0.15, 0.2) is 53.7 Å². The van der Waals surface area contributed by atoms with Crippen LogP contribution in [0.1, 0.15) is 78.7 Å². The number of rotatable bonds is 17. The van der Waals surface area contributed by atoms with Crippen LogP contribution in [-0.4, -0.2) is 53.2 Å². The van der Waals surface area contributed by atoms with E-state index in [1.807, 2.05) is 0 Å². The Kier molecular flexibility index (Phi) is 13.7. The van der Waals surface area contributed by atoms with E-state index in [1.54, 1.807) is 56.0 Å². The molecule has 0 saturated carbocycles. The van der Waals surface area contributed by atoms with Gasteiger partial charge in [-0.3, -0.25) is 0 Å². The van der Waals surface area contributed by atoms with Gasteiger partial charge >= 0.3 is 235 Å². The summed E-state index contributed by atoms with van der Waals surface area (Å²) in [7, 11) is -4.05. The van der Waals surface area contributed by atoms with E-state index in [0.717, 1.165) is 0 Å². The fraction of sp³-hybridized carbons (Fsp3) is 0.586. The zero-order valence-corrected chi connectivity index (χ0v) is 27.5. The molecule has 1 aromatic carbocycles. The standard InChI is InChI=1S/C17H20N3O4S.3C4H9.Sn/c1-13(2)16(17(21)19-22)20(12-14-7-6-10-18-11-14)25(23,24)15-8-4-3-5-9-15;3*1-3-4-2;/h4-11,13,16,22H,12H2,1-2H3,(H,19,21);3*1,3-4H2,2H3;/t16-;;;;/m1..../s1. The molecule has 2 aromatic rings. The number of nitrogens with zero attached hydrogens (tertiary/aromatic N) is 2. The van der Waals surface area contributed by atoms with Crippen LogP contribution in [0.2, 0.25) is 13.3 Å². The maximum absolute atomic E-state index is 14.0. The van der Waals surface area contributed by atoms with Gasteiger partial charge in [-0.1, -0.05) is 0 Å². The summed E-state index contributed by atoms with van der Waals surface area (Å²) in [6, 6.07) is 10.1. The van der Waals surface area contributed by atoms with Crippen LogP contribution in [0.5, 0.6) is 0 Å². The Hall–Kier alpha value is -1.49. The molecular weight excluding hydrogens is 605 g/mol. The second kappa shape index (κ2) is 15.9. The van der Waals surface area contributed by atoms with Crippen LogP contribution in [0.3, 0.4) is 0 Å². The molecule has 0 radical (unpaired) electrons. The SMILES string of the molecule is CCC[CH2][Sn]([CH2]CCC)([CH2]CCC)[c]1ccc(S(=O)(=O)N(Cc2cccnc2)[C@@H](C(=O)NO)C(C)C)cc1. The number of nitrogens with one attached hydrogen (secondary N) is 1. The number of pyridine rings is 1. The molecule has 1 amide bonds. The fourth-order valence-electron chi connectivity index (χ4n) is 5.31. The second-order valence-corrected chi connectivity index (χ2v) is 25.8. The third-order valence-electron chi connectivity index (χ3n) is 7.48. The van der Waals surface area contributed by atoms with E-state index in [-0.39, 0.29) is 17.4 Å². The quantitative estimate of drug-likeness (QED) is 0.127. The summed E-state index contributed by atoms with van der Waals surface area (Å²) < 4.78 is 34.6. The number of benzene rings is 1. The molecule has 2 N–H and O–H groups in total. The molecule has 0 unspecified atom stereocenters. The van der Waals surface area contributed by atoms with Gasteiger partial charge in [-0.05, 0) is 0 Å². The van der Waals surface area contributed by atoms with Crippen molar-refractivity contribution in [1.29, 1.82) is 0 Å². The molecule has 0 aliphatic carbocycles. The van der Waals surface area contributed by atoms with Crippen LogP contribution in [0, 0.1) is 5.92 Å². The minimum absolute atomic E-state index is 0.0269. The van der Waals surface area contributed by atoms with Crippen LogP contribution in [0.25, 0.3) is 0 Å². The summed E-state index contributed by atoms with van der Waals surface area (Å²) in [5, 5.41) is 9.42. The number of unbranched alkanes of at least 4 members (excludes halogenated alkanes) is 3. The van der Waals surface area contributed by atoms with E-state index in [0.29, 0.717) is 5.56 Å². The number of hydrogen-bond acceptors (Lipinski definition) is 5. The first-order valence-corrected chi connectivity index (χ1v) is 23.0. The molecule has 0 fully saturated rings. The zero-order valence-electron chi connectivity index (χ0n) is 23.8. The topological polar surface area (TPSA) is 99.6 Å². The molecule has 1 atom stereocenters. The third-order valence-corrected chi connectivity index (χ3v) is 25.0. The summed E-state index contributed by atoms with van der Waals surface area (Å²) in [5.41, 5.74) is 2.34. The van der Waals surface area contributed by atoms with E-state index in [9.17, 15) is 18.4 Å². The number of amides is 1. The van der Waals surface area contributed by atoms with Crippen molar-refractivity contribution >= 4 is 37.9 Å². The van der Waals surface area contributed by atoms with Crippen molar-refractivity contribution in [3.63, 3.8) is 0 Å². The fourth-order valence-corrected chi connectivity index (χ4v) is 22.9. The van der Waals surface area contributed by atoms with Crippen molar-refractivity contribution in [2.24, 2.45) is 5.92 Å². The molecule has 1 heterocycles. The minimum atomic E-state index is -4.05. The predicted octanol–water partition coefficient (Wildman–Crippen LogP) is 5.86. The molecule has 0 spiro atoms. The predicted molar refractivity (Wildman–Crippen MR) is 156 cm³/mol. The van der Waals surface area contributed by atoms with Crippen LogP contribution in [0.4, 0.5) is 0 Å². The number of aromatic nitrogens is 1. The first-order chi connectivity index (χ1) is 18.2. The van der Waals surface area contributed by atoms with Crippen molar-refractivity contribution in [1.82, 2.24) is 14.8 Å². The van der Waals surface area contributed by atoms with E-state index in [2.05, 4.69) is 37.9 Å². The molecule has 0 saturated heterocycles. The molecule has 9 heteroatoms. The Labute approximate surface area is 234 Å². The van der Waals surface area contributed by atoms with Gasteiger partial charge < -0.3 is 0 Å². The molecule has 0 aliphatic rings. The summed E-state index contributed by atoms with van der Waals surface area (Å²) in [4.78, 5) is 17.0. The van der Waals surface area contributed by atoms with Gasteiger partial charge in [-0.25, -0.2) is 0 Å². The number of hydrogen-bond donors (Lipinski definition) is 2. The van der Waals surface area contributed by atoms with Gasteiger partial charge in [-0.2, -0.15) is 0 Å². The van der Waals surface area contributed by atoms with Gasteiger partial charge in [-0.15, -0.1) is 0 Å². The Bertz CT molecular complexity index is 1060. The molecule has 0 bridgehead atoms. The Morgan fingerprint density at radius 3 is 1.95 bits per heavy atom. The van der Waals surface area contributed by atoms with Crippen molar-refractivity contribution < 1.29 is 18.4 Å². The molecule has 2 rings (SSSR count). The van der Waals surface area contributed by atoms with Crippen molar-refractivity contribution in [2.75, 3.05) is 0 Å². The summed E-state index contributed by atoms with van der Waals surface area (Å²) >= 11 is -2.71. The molecule has 0 aliphatic heterocycles. The van der Waals surface area contributed by atoms with Crippen molar-refractivity contribution in [3.8, 4) is 0 Å². The van der Waals surface area contributed by atoms with Gasteiger partial charge in [0, 0.05) is 0 Å². The molecule has 7 nitrogen and oxygen atoms in total. The van der Waals surface area contributed by atoms with Gasteiger partial charge in [0.15, 0.2) is 0 Å². The Morgan fingerprint density at radius 1 is 0.974 bits per heavy atom. The zero-order chi connectivity index (χ0) is 28.2. The molecule has 38 heavy (non-hydrogen) atoms. The summed E-state index contributed by atoms with van der Waals surface area (Å²) in [5.74, 6) is -1.12. The van der Waals surface area contributed by atoms with Gasteiger partial charge in [0.25, 0.3) is 0 Å². The Morgan fingerprint density at radius 2 is 1.53 bits per heavy atom. The van der Waals surface area contributed by atoms with Crippen LogP contribution in [-0.2, 0) is 21.4 Å². The number of carbonyl (C=O) groups is 1. The number of sulfonamides is 1. The molecule has 1 aromatic heterocycles. The summed E-state index contributed by atoms with van der Waals surface area (Å²) in [6.45, 7) is 10.3. The number of hydroxylamine groups is 1. The molecular formula is C29H47N3O4SSn.